The maximum atomic E-state index is 8.74. The van der Waals surface area contributed by atoms with E-state index >= 15 is 0 Å². The Labute approximate surface area is 87.8 Å². The summed E-state index contributed by atoms with van der Waals surface area (Å²) in [5.41, 5.74) is 0. The molecule has 0 spiro atoms. The summed E-state index contributed by atoms with van der Waals surface area (Å²) in [6.07, 6.45) is 0. The van der Waals surface area contributed by atoms with Crippen LogP contribution in [0.1, 0.15) is 1.43 Å². The molecule has 40 valence electrons. The van der Waals surface area contributed by atoms with Gasteiger partial charge in [-0.05, 0) is 0 Å². The van der Waals surface area contributed by atoms with E-state index in [4.69, 9.17) is 14.1 Å². The molecule has 0 aliphatic heterocycles. The van der Waals surface area contributed by atoms with Crippen LogP contribution in [0, 0.1) is 0 Å². The first-order valence-corrected chi connectivity index (χ1v) is 1.95. The van der Waals surface area contributed by atoms with Gasteiger partial charge in [-0.3, -0.25) is 4.46 Å². The summed E-state index contributed by atoms with van der Waals surface area (Å²) in [4.78, 5) is 14.3. The molecule has 0 amide bonds. The molecular weight excluding hydrogens is 182 g/mol. The zero-order chi connectivity index (χ0) is 3.58. The molecule has 0 heterocycles. The van der Waals surface area contributed by atoms with Crippen LogP contribution in [0.3, 0.4) is 0 Å². The summed E-state index contributed by atoms with van der Waals surface area (Å²) in [5, 5.41) is 0. The van der Waals surface area contributed by atoms with Crippen LogP contribution in [0.5, 0.6) is 0 Å². The molecule has 7 heteroatoms. The molecule has 0 rings (SSSR count). The molecule has 0 fully saturated rings. The fraction of sp³-hybridized carbons (Fsp3) is 0. The zero-order valence-electron chi connectivity index (χ0n) is 4.16. The summed E-state index contributed by atoms with van der Waals surface area (Å²) >= 11 is 0. The largest absolute Gasteiger partial charge is 1.00 e. The Morgan fingerprint density at radius 1 is 1.43 bits per heavy atom. The molecule has 7 heavy (non-hydrogen) atoms. The molecule has 0 aliphatic carbocycles. The van der Waals surface area contributed by atoms with Crippen molar-refractivity contribution in [3.05, 3.63) is 0 Å². The first kappa shape index (κ1) is 23.4. The number of rotatable bonds is 0. The Morgan fingerprint density at radius 3 is 1.43 bits per heavy atom. The summed E-state index contributed by atoms with van der Waals surface area (Å²) in [6, 6.07) is 0. The Kier molecular flexibility index (Phi) is 52.3. The monoisotopic (exact) mass is 188 g/mol. The summed E-state index contributed by atoms with van der Waals surface area (Å²) in [5.74, 6) is 0. The molecule has 0 aromatic carbocycles. The van der Waals surface area contributed by atoms with Gasteiger partial charge < -0.3 is 11.0 Å². The van der Waals surface area contributed by atoms with E-state index in [0.29, 0.717) is 0 Å². The van der Waals surface area contributed by atoms with Gasteiger partial charge in [0.2, 0.25) is 0 Å². The third-order valence-corrected chi connectivity index (χ3v) is 0. The molecule has 0 aromatic rings. The van der Waals surface area contributed by atoms with E-state index in [2.05, 4.69) is 0 Å². The van der Waals surface area contributed by atoms with Gasteiger partial charge in [0.1, 0.15) is 0 Å². The first-order valence-electron chi connectivity index (χ1n) is 0.651. The van der Waals surface area contributed by atoms with Crippen molar-refractivity contribution in [2.24, 2.45) is 0 Å². The van der Waals surface area contributed by atoms with Crippen molar-refractivity contribution < 1.29 is 62.1 Å². The molecule has 0 atom stereocenters. The molecule has 0 aromatic heterocycles. The average Bonchev–Trinajstić information content (AvgIpc) is 0.811. The quantitative estimate of drug-likeness (QED) is 0.372. The third kappa shape index (κ3) is 88.5. The summed E-state index contributed by atoms with van der Waals surface area (Å²) in [7, 11) is -3.13. The molecule has 3 nitrogen and oxygen atoms in total. The summed E-state index contributed by atoms with van der Waals surface area (Å²) < 4.78 is 8.74. The number of hydrogen-bond acceptors (Lipinski definition) is 1. The summed E-state index contributed by atoms with van der Waals surface area (Å²) in [6.45, 7) is 0. The first-order chi connectivity index (χ1) is 1.73. The fourth-order valence-corrected chi connectivity index (χ4v) is 0. The van der Waals surface area contributed by atoms with E-state index in [1.54, 1.807) is 0 Å². The third-order valence-electron chi connectivity index (χ3n) is 0. The van der Waals surface area contributed by atoms with Gasteiger partial charge in [-0.15, -0.1) is 0 Å². The van der Waals surface area contributed by atoms with Crippen LogP contribution in [0.4, 0.5) is 0 Å². The second-order valence-electron chi connectivity index (χ2n) is 0.283. The average molecular weight is 188 g/mol. The fourth-order valence-electron chi connectivity index (χ4n) is 0. The minimum Gasteiger partial charge on any atom is -1.00 e. The van der Waals surface area contributed by atoms with Gasteiger partial charge in [0, 0.05) is 17.1 Å². The van der Waals surface area contributed by atoms with E-state index in [9.17, 15) is 0 Å². The van der Waals surface area contributed by atoms with Gasteiger partial charge in [0.25, 0.3) is 0 Å². The van der Waals surface area contributed by atoms with Gasteiger partial charge in [0.05, 0.1) is 0 Å². The molecule has 0 aliphatic rings. The van der Waals surface area contributed by atoms with Crippen LogP contribution >= 0.6 is 0 Å². The molecule has 2 N–H and O–H groups in total. The number of hydrogen-bond donors (Lipinski definition) is 2. The maximum absolute atomic E-state index is 8.74. The van der Waals surface area contributed by atoms with Crippen LogP contribution in [0.15, 0.2) is 0 Å². The smallest absolute Gasteiger partial charge is 1.00 e. The van der Waals surface area contributed by atoms with E-state index < -0.39 is 9.17 Å². The predicted octanol–water partition coefficient (Wildman–Crippen LogP) is -5.68. The topological polar surface area (TPSA) is 57.5 Å². The van der Waals surface area contributed by atoms with Crippen LogP contribution < -0.4 is 29.6 Å². The second-order valence-corrected chi connectivity index (χ2v) is 0.848. The van der Waals surface area contributed by atoms with E-state index in [1.165, 1.54) is 0 Å². The Bertz CT molecular complexity index is 42.3. The van der Waals surface area contributed by atoms with Crippen molar-refractivity contribution in [2.75, 3.05) is 0 Å². The van der Waals surface area contributed by atoms with Crippen molar-refractivity contribution in [2.45, 2.75) is 0 Å². The Balaban J connectivity index is -0.00000000750. The molecular formula is H6AlFeNaO3Si. The van der Waals surface area contributed by atoms with Crippen molar-refractivity contribution in [3.63, 3.8) is 0 Å². The van der Waals surface area contributed by atoms with Gasteiger partial charge in [0.15, 0.2) is 17.4 Å². The molecule has 0 radical (unpaired) electrons. The Hall–Kier alpha value is 1.67. The SMILES string of the molecule is O=[Si](O)O.[AlH3].[Fe].[H-].[Na+]. The standard InChI is InChI=1S/Al.Fe.Na.H2O3Si.4H/c;;;1-4(2)3;;;;/h;;;1-2H;;;;/q;;+1;;;;;-1. The van der Waals surface area contributed by atoms with E-state index in [0.717, 1.165) is 0 Å². The minimum atomic E-state index is -3.13. The van der Waals surface area contributed by atoms with Crippen LogP contribution in [-0.2, 0) is 21.5 Å². The molecule has 0 unspecified atom stereocenters. The van der Waals surface area contributed by atoms with E-state index in [1.807, 2.05) is 0 Å². The van der Waals surface area contributed by atoms with Gasteiger partial charge >= 0.3 is 38.7 Å². The second kappa shape index (κ2) is 15.6. The zero-order valence-corrected chi connectivity index (χ0v) is 7.26. The Morgan fingerprint density at radius 2 is 1.43 bits per heavy atom. The van der Waals surface area contributed by atoms with E-state index in [-0.39, 0.29) is 65.4 Å². The predicted molar refractivity (Wildman–Crippen MR) is 21.9 cm³/mol. The van der Waals surface area contributed by atoms with Gasteiger partial charge in [-0.25, -0.2) is 0 Å². The minimum absolute atomic E-state index is 0. The maximum Gasteiger partial charge on any atom is 1.00 e. The van der Waals surface area contributed by atoms with Crippen LogP contribution in [0.25, 0.3) is 0 Å². The van der Waals surface area contributed by atoms with Gasteiger partial charge in [-0.2, -0.15) is 0 Å². The normalized spacial score (nSPS) is 3.43. The van der Waals surface area contributed by atoms with Crippen molar-refractivity contribution in [1.29, 1.82) is 0 Å². The van der Waals surface area contributed by atoms with Crippen LogP contribution in [0.2, 0.25) is 0 Å². The van der Waals surface area contributed by atoms with Crippen molar-refractivity contribution >= 4 is 26.5 Å². The molecule has 0 saturated carbocycles. The van der Waals surface area contributed by atoms with Crippen molar-refractivity contribution in [3.8, 4) is 0 Å². The molecule has 0 bridgehead atoms. The van der Waals surface area contributed by atoms with Crippen molar-refractivity contribution in [1.82, 2.24) is 0 Å². The molecule has 0 saturated heterocycles. The van der Waals surface area contributed by atoms with Crippen LogP contribution in [-0.4, -0.2) is 36.1 Å². The van der Waals surface area contributed by atoms with Gasteiger partial charge in [-0.1, -0.05) is 0 Å².